The van der Waals surface area contributed by atoms with Crippen LogP contribution in [0.15, 0.2) is 73.1 Å². The third kappa shape index (κ3) is 9.12. The average Bonchev–Trinajstić information content (AvgIpc) is 3.89. The van der Waals surface area contributed by atoms with E-state index >= 15 is 0 Å². The second-order valence-corrected chi connectivity index (χ2v) is 14.4. The molecule has 8 nitrogen and oxygen atoms in total. The van der Waals surface area contributed by atoms with Crippen LogP contribution < -0.4 is 10.6 Å². The summed E-state index contributed by atoms with van der Waals surface area (Å²) in [6, 6.07) is 20.9. The van der Waals surface area contributed by atoms with Gasteiger partial charge in [-0.3, -0.25) is 24.3 Å². The minimum Gasteiger partial charge on any atom is -0.465 e. The molecule has 0 spiro atoms. The van der Waals surface area contributed by atoms with Crippen molar-refractivity contribution in [1.82, 2.24) is 9.88 Å². The summed E-state index contributed by atoms with van der Waals surface area (Å²) >= 11 is 1.54. The highest BCUT2D eigenvalue weighted by Gasteiger charge is 2.36. The molecule has 0 bridgehead atoms. The molecule has 2 aromatic heterocycles. The maximum absolute atomic E-state index is 13.8. The van der Waals surface area contributed by atoms with Crippen molar-refractivity contribution in [3.63, 3.8) is 0 Å². The second kappa shape index (κ2) is 17.4. The van der Waals surface area contributed by atoms with Gasteiger partial charge in [0.1, 0.15) is 11.1 Å². The summed E-state index contributed by atoms with van der Waals surface area (Å²) in [6.07, 6.45) is 14.5. The van der Waals surface area contributed by atoms with Crippen molar-refractivity contribution < 1.29 is 19.1 Å². The van der Waals surface area contributed by atoms with E-state index in [1.165, 1.54) is 34.6 Å². The van der Waals surface area contributed by atoms with Crippen molar-refractivity contribution in [1.29, 1.82) is 0 Å². The number of benzene rings is 2. The molecular formula is C39H44Cl2N4O4S. The molecule has 2 saturated carbocycles. The number of aromatic nitrogens is 1. The zero-order valence-electron chi connectivity index (χ0n) is 28.0. The fourth-order valence-electron chi connectivity index (χ4n) is 7.28. The summed E-state index contributed by atoms with van der Waals surface area (Å²) in [5.74, 6) is -0.386. The van der Waals surface area contributed by atoms with Gasteiger partial charge in [-0.15, -0.1) is 36.2 Å². The zero-order valence-corrected chi connectivity index (χ0v) is 30.4. The van der Waals surface area contributed by atoms with E-state index < -0.39 is 0 Å². The molecule has 0 saturated heterocycles. The topological polar surface area (TPSA) is 101 Å². The maximum Gasteiger partial charge on any atom is 0.293 e. The number of aryl methyl sites for hydroxylation is 1. The number of carbonyl (C=O) groups is 3. The summed E-state index contributed by atoms with van der Waals surface area (Å²) in [4.78, 5) is 46.2. The summed E-state index contributed by atoms with van der Waals surface area (Å²) < 4.78 is 5.23. The van der Waals surface area contributed by atoms with Crippen LogP contribution in [-0.2, 0) is 35.3 Å². The van der Waals surface area contributed by atoms with Gasteiger partial charge in [-0.25, -0.2) is 0 Å². The Morgan fingerprint density at radius 2 is 1.50 bits per heavy atom. The van der Waals surface area contributed by atoms with Gasteiger partial charge in [0, 0.05) is 47.2 Å². The molecule has 2 amide bonds. The molecule has 264 valence electrons. The number of thiophene rings is 1. The lowest BCUT2D eigenvalue weighted by molar-refractivity contribution is -0.135. The first-order valence-corrected chi connectivity index (χ1v) is 18.0. The number of nitrogens with one attached hydrogen (secondary N) is 2. The number of hydrogen-bond donors (Lipinski definition) is 2. The predicted molar refractivity (Wildman–Crippen MR) is 203 cm³/mol. The first-order chi connectivity index (χ1) is 23.5. The zero-order chi connectivity index (χ0) is 32.9. The maximum atomic E-state index is 13.8. The van der Waals surface area contributed by atoms with Crippen molar-refractivity contribution in [2.24, 2.45) is 0 Å². The van der Waals surface area contributed by atoms with Gasteiger partial charge >= 0.3 is 0 Å². The third-order valence-electron chi connectivity index (χ3n) is 9.93. The van der Waals surface area contributed by atoms with Crippen molar-refractivity contribution >= 4 is 65.1 Å². The number of nitrogens with zero attached hydrogens (tertiary/aromatic N) is 2. The van der Waals surface area contributed by atoms with E-state index in [0.29, 0.717) is 34.7 Å². The number of amides is 2. The van der Waals surface area contributed by atoms with Gasteiger partial charge < -0.3 is 15.4 Å². The molecule has 2 fully saturated rings. The molecule has 0 atom stereocenters. The monoisotopic (exact) mass is 734 g/mol. The SMILES string of the molecule is Cl.Cl.O=COC1CCC(N(Cc2cccc(C(=O)Nc3sc4c(c3C(=O)Nc3ccc(Cc5ccncc5)cc3)CCCC4)c2)C2CC2)CC1. The fourth-order valence-corrected chi connectivity index (χ4v) is 8.56. The molecule has 0 aliphatic heterocycles. The largest absolute Gasteiger partial charge is 0.465 e. The molecule has 3 aliphatic rings. The Balaban J connectivity index is 0.00000243. The molecule has 50 heavy (non-hydrogen) atoms. The van der Waals surface area contributed by atoms with E-state index in [1.807, 2.05) is 54.6 Å². The summed E-state index contributed by atoms with van der Waals surface area (Å²) in [6.45, 7) is 1.36. The Hall–Kier alpha value is -3.76. The lowest BCUT2D eigenvalue weighted by atomic mass is 9.91. The van der Waals surface area contributed by atoms with Crippen molar-refractivity contribution in [3.05, 3.63) is 111 Å². The van der Waals surface area contributed by atoms with Gasteiger partial charge in [0.15, 0.2) is 0 Å². The molecule has 3 aliphatic carbocycles. The van der Waals surface area contributed by atoms with E-state index in [1.54, 1.807) is 12.4 Å². The molecular weight excluding hydrogens is 691 g/mol. The minimum absolute atomic E-state index is 0. The van der Waals surface area contributed by atoms with Crippen molar-refractivity contribution in [3.8, 4) is 0 Å². The van der Waals surface area contributed by atoms with Crippen LogP contribution in [-0.4, -0.2) is 46.4 Å². The third-order valence-corrected chi connectivity index (χ3v) is 11.1. The van der Waals surface area contributed by atoms with E-state index in [2.05, 4.69) is 26.6 Å². The number of ether oxygens (including phenoxy) is 1. The van der Waals surface area contributed by atoms with Gasteiger partial charge in [-0.2, -0.15) is 0 Å². The predicted octanol–water partition coefficient (Wildman–Crippen LogP) is 8.41. The minimum atomic E-state index is -0.200. The second-order valence-electron chi connectivity index (χ2n) is 13.3. The normalized spacial score (nSPS) is 18.2. The van der Waals surface area contributed by atoms with Gasteiger partial charge in [-0.1, -0.05) is 24.3 Å². The Kier molecular flexibility index (Phi) is 13.1. The number of carbonyl (C=O) groups excluding carboxylic acids is 3. The number of halogens is 2. The fraction of sp³-hybridized carbons (Fsp3) is 0.385. The van der Waals surface area contributed by atoms with Crippen molar-refractivity contribution in [2.75, 3.05) is 10.6 Å². The molecule has 2 N–H and O–H groups in total. The molecule has 2 heterocycles. The Labute approximate surface area is 310 Å². The van der Waals surface area contributed by atoms with Crippen LogP contribution in [0.5, 0.6) is 0 Å². The summed E-state index contributed by atoms with van der Waals surface area (Å²) in [5, 5.41) is 6.87. The van der Waals surface area contributed by atoms with E-state index in [4.69, 9.17) is 4.74 Å². The van der Waals surface area contributed by atoms with Crippen LogP contribution in [0.3, 0.4) is 0 Å². The highest BCUT2D eigenvalue weighted by Crippen LogP contribution is 2.39. The Morgan fingerprint density at radius 3 is 2.20 bits per heavy atom. The van der Waals surface area contributed by atoms with Crippen LogP contribution in [0.25, 0.3) is 0 Å². The van der Waals surface area contributed by atoms with Crippen molar-refractivity contribution in [2.45, 2.75) is 95.4 Å². The van der Waals surface area contributed by atoms with Crippen LogP contribution in [0.4, 0.5) is 10.7 Å². The standard InChI is InChI=1S/C39H42N4O4S.2ClH/c44-25-47-33-16-14-32(15-17-33)43(31-12-13-31)24-28-4-3-5-29(23-28)37(45)42-39-36(34-6-1-2-7-35(34)48-39)38(46)41-30-10-8-26(9-11-30)22-27-18-20-40-21-19-27;;/h3-5,8-11,18-21,23,25,31-33H,1-2,6-7,12-17,22,24H2,(H,41,46)(H,42,45);2*1H. The molecule has 2 aromatic carbocycles. The highest BCUT2D eigenvalue weighted by atomic mass is 35.5. The smallest absolute Gasteiger partial charge is 0.293 e. The Morgan fingerprint density at radius 1 is 0.820 bits per heavy atom. The van der Waals surface area contributed by atoms with E-state index in [-0.39, 0.29) is 42.7 Å². The molecule has 7 rings (SSSR count). The Bertz CT molecular complexity index is 1760. The lowest BCUT2D eigenvalue weighted by Gasteiger charge is -2.36. The quantitative estimate of drug-likeness (QED) is 0.142. The molecule has 0 radical (unpaired) electrons. The van der Waals surface area contributed by atoms with E-state index in [9.17, 15) is 14.4 Å². The number of rotatable bonds is 12. The van der Waals surface area contributed by atoms with Crippen LogP contribution in [0.2, 0.25) is 0 Å². The number of anilines is 2. The van der Waals surface area contributed by atoms with Crippen LogP contribution in [0.1, 0.15) is 99.2 Å². The van der Waals surface area contributed by atoms with Gasteiger partial charge in [0.25, 0.3) is 18.3 Å². The van der Waals surface area contributed by atoms with Crippen LogP contribution >= 0.6 is 36.2 Å². The molecule has 4 aromatic rings. The summed E-state index contributed by atoms with van der Waals surface area (Å²) in [5.41, 5.74) is 6.42. The average molecular weight is 736 g/mol. The lowest BCUT2D eigenvalue weighted by Crippen LogP contribution is -2.40. The molecule has 0 unspecified atom stereocenters. The van der Waals surface area contributed by atoms with E-state index in [0.717, 1.165) is 86.7 Å². The van der Waals surface area contributed by atoms with Gasteiger partial charge in [0.2, 0.25) is 0 Å². The number of hydrogen-bond acceptors (Lipinski definition) is 7. The molecule has 11 heteroatoms. The number of pyridine rings is 1. The van der Waals surface area contributed by atoms with Gasteiger partial charge in [0.05, 0.1) is 5.56 Å². The van der Waals surface area contributed by atoms with Crippen LogP contribution in [0, 0.1) is 0 Å². The number of fused-ring (bicyclic) bond motifs is 1. The highest BCUT2D eigenvalue weighted by molar-refractivity contribution is 7.17. The first kappa shape index (κ1) is 37.5. The van der Waals surface area contributed by atoms with Gasteiger partial charge in [-0.05, 0) is 129 Å². The summed E-state index contributed by atoms with van der Waals surface area (Å²) in [7, 11) is 0. The first-order valence-electron chi connectivity index (χ1n) is 17.2.